The van der Waals surface area contributed by atoms with Crippen LogP contribution in [-0.2, 0) is 9.59 Å². The summed E-state index contributed by atoms with van der Waals surface area (Å²) >= 11 is 2.75. The third kappa shape index (κ3) is 5.35. The number of amides is 2. The van der Waals surface area contributed by atoms with E-state index in [4.69, 9.17) is 0 Å². The predicted octanol–water partition coefficient (Wildman–Crippen LogP) is 3.77. The highest BCUT2D eigenvalue weighted by atomic mass is 32.2. The summed E-state index contributed by atoms with van der Waals surface area (Å²) in [4.78, 5) is 29.5. The Morgan fingerprint density at radius 3 is 2.42 bits per heavy atom. The van der Waals surface area contributed by atoms with Gasteiger partial charge in [-0.3, -0.25) is 9.59 Å². The second-order valence-corrected chi connectivity index (χ2v) is 8.05. The zero-order valence-electron chi connectivity index (χ0n) is 14.2. The van der Waals surface area contributed by atoms with Crippen molar-refractivity contribution in [3.63, 3.8) is 0 Å². The number of carbonyl (C=O) groups is 2. The van der Waals surface area contributed by atoms with Crippen LogP contribution in [0, 0.1) is 20.8 Å². The molecule has 0 aliphatic rings. The molecule has 1 atom stereocenters. The van der Waals surface area contributed by atoms with Crippen LogP contribution in [0.2, 0.25) is 0 Å². The van der Waals surface area contributed by atoms with Crippen molar-refractivity contribution >= 4 is 45.7 Å². The number of anilines is 2. The molecule has 1 heterocycles. The highest BCUT2D eigenvalue weighted by molar-refractivity contribution is 8.01. The van der Waals surface area contributed by atoms with Crippen LogP contribution in [0.3, 0.4) is 0 Å². The van der Waals surface area contributed by atoms with Crippen molar-refractivity contribution < 1.29 is 9.59 Å². The normalized spacial score (nSPS) is 11.8. The Bertz CT molecular complexity index is 706. The molecule has 0 fully saturated rings. The van der Waals surface area contributed by atoms with Gasteiger partial charge in [0.1, 0.15) is 0 Å². The lowest BCUT2D eigenvalue weighted by Gasteiger charge is -2.10. The van der Waals surface area contributed by atoms with E-state index >= 15 is 0 Å². The third-order valence-corrected chi connectivity index (χ3v) is 5.56. The average molecular weight is 364 g/mol. The summed E-state index contributed by atoms with van der Waals surface area (Å²) in [5.41, 5.74) is 2.82. The highest BCUT2D eigenvalue weighted by Gasteiger charge is 2.17. The van der Waals surface area contributed by atoms with Gasteiger partial charge in [0, 0.05) is 10.6 Å². The number of aryl methyl sites for hydroxylation is 3. The lowest BCUT2D eigenvalue weighted by Crippen LogP contribution is -2.25. The molecule has 0 spiro atoms. The van der Waals surface area contributed by atoms with Gasteiger partial charge in [-0.2, -0.15) is 0 Å². The summed E-state index contributed by atoms with van der Waals surface area (Å²) in [6, 6.07) is 7.61. The van der Waals surface area contributed by atoms with Gasteiger partial charge in [-0.25, -0.2) is 4.98 Å². The van der Waals surface area contributed by atoms with Crippen LogP contribution >= 0.6 is 23.1 Å². The lowest BCUT2D eigenvalue weighted by molar-refractivity contribution is -0.115. The fourth-order valence-corrected chi connectivity index (χ4v) is 3.34. The molecule has 0 saturated carbocycles. The van der Waals surface area contributed by atoms with Crippen LogP contribution in [0.1, 0.15) is 23.1 Å². The Morgan fingerprint density at radius 2 is 1.83 bits per heavy atom. The summed E-state index contributed by atoms with van der Waals surface area (Å²) in [6.07, 6.45) is 0. The van der Waals surface area contributed by atoms with Crippen LogP contribution in [0.15, 0.2) is 24.3 Å². The number of rotatable bonds is 6. The molecule has 2 amide bonds. The van der Waals surface area contributed by atoms with Crippen molar-refractivity contribution in [2.45, 2.75) is 32.9 Å². The highest BCUT2D eigenvalue weighted by Crippen LogP contribution is 2.22. The molecule has 1 aromatic carbocycles. The molecule has 7 heteroatoms. The second-order valence-electron chi connectivity index (χ2n) is 5.52. The molecule has 5 nitrogen and oxygen atoms in total. The maximum Gasteiger partial charge on any atom is 0.239 e. The first-order chi connectivity index (χ1) is 11.3. The zero-order chi connectivity index (χ0) is 17.7. The molecular formula is C17H21N3O2S2. The first-order valence-corrected chi connectivity index (χ1v) is 9.44. The van der Waals surface area contributed by atoms with Gasteiger partial charge in [0.25, 0.3) is 0 Å². The minimum atomic E-state index is -0.335. The molecule has 2 aromatic rings. The van der Waals surface area contributed by atoms with Gasteiger partial charge < -0.3 is 10.6 Å². The Morgan fingerprint density at radius 1 is 1.17 bits per heavy atom. The van der Waals surface area contributed by atoms with Crippen LogP contribution in [0.25, 0.3) is 0 Å². The molecular weight excluding hydrogens is 342 g/mol. The number of thiazole rings is 1. The van der Waals surface area contributed by atoms with Gasteiger partial charge in [0.05, 0.1) is 16.7 Å². The fraction of sp³-hybridized carbons (Fsp3) is 0.353. The molecule has 0 aliphatic heterocycles. The summed E-state index contributed by atoms with van der Waals surface area (Å²) in [5, 5.41) is 5.89. The number of nitrogens with zero attached hydrogens (tertiary/aromatic N) is 1. The van der Waals surface area contributed by atoms with Gasteiger partial charge in [0.2, 0.25) is 11.8 Å². The molecule has 1 unspecified atom stereocenters. The number of thioether (sulfide) groups is 1. The van der Waals surface area contributed by atoms with Crippen molar-refractivity contribution in [3.05, 3.63) is 40.4 Å². The van der Waals surface area contributed by atoms with E-state index in [0.717, 1.165) is 21.8 Å². The van der Waals surface area contributed by atoms with Crippen LogP contribution in [0.5, 0.6) is 0 Å². The maximum absolute atomic E-state index is 12.1. The van der Waals surface area contributed by atoms with Crippen LogP contribution < -0.4 is 10.6 Å². The molecule has 0 saturated heterocycles. The number of carbonyl (C=O) groups excluding carboxylic acids is 2. The largest absolute Gasteiger partial charge is 0.325 e. The molecule has 24 heavy (non-hydrogen) atoms. The van der Waals surface area contributed by atoms with E-state index in [1.54, 1.807) is 6.92 Å². The van der Waals surface area contributed by atoms with E-state index < -0.39 is 0 Å². The van der Waals surface area contributed by atoms with Crippen molar-refractivity contribution in [1.29, 1.82) is 0 Å². The van der Waals surface area contributed by atoms with E-state index in [2.05, 4.69) is 15.6 Å². The first kappa shape index (κ1) is 18.5. The zero-order valence-corrected chi connectivity index (χ0v) is 15.8. The maximum atomic E-state index is 12.1. The third-order valence-electron chi connectivity index (χ3n) is 3.43. The van der Waals surface area contributed by atoms with E-state index in [9.17, 15) is 9.59 Å². The Hall–Kier alpha value is -1.86. The molecule has 0 radical (unpaired) electrons. The summed E-state index contributed by atoms with van der Waals surface area (Å²) in [7, 11) is 0. The van der Waals surface area contributed by atoms with E-state index in [1.807, 2.05) is 45.0 Å². The van der Waals surface area contributed by atoms with Crippen molar-refractivity contribution in [3.8, 4) is 0 Å². The van der Waals surface area contributed by atoms with E-state index in [0.29, 0.717) is 5.13 Å². The van der Waals surface area contributed by atoms with Gasteiger partial charge in [-0.15, -0.1) is 23.1 Å². The number of hydrogen-bond acceptors (Lipinski definition) is 5. The van der Waals surface area contributed by atoms with Gasteiger partial charge in [-0.1, -0.05) is 17.7 Å². The average Bonchev–Trinajstić information content (AvgIpc) is 2.85. The molecule has 0 aliphatic carbocycles. The minimum Gasteiger partial charge on any atom is -0.325 e. The smallest absolute Gasteiger partial charge is 0.239 e. The lowest BCUT2D eigenvalue weighted by atomic mass is 10.2. The monoisotopic (exact) mass is 363 g/mol. The Balaban J connectivity index is 1.78. The van der Waals surface area contributed by atoms with E-state index in [1.165, 1.54) is 23.1 Å². The second kappa shape index (κ2) is 8.30. The topological polar surface area (TPSA) is 71.1 Å². The molecule has 1 aromatic heterocycles. The molecule has 0 bridgehead atoms. The van der Waals surface area contributed by atoms with E-state index in [-0.39, 0.29) is 22.8 Å². The van der Waals surface area contributed by atoms with Crippen molar-refractivity contribution in [2.75, 3.05) is 16.4 Å². The molecule has 2 N–H and O–H groups in total. The quantitative estimate of drug-likeness (QED) is 0.820. The van der Waals surface area contributed by atoms with Crippen molar-refractivity contribution in [2.24, 2.45) is 0 Å². The van der Waals surface area contributed by atoms with Gasteiger partial charge in [-0.05, 0) is 39.8 Å². The minimum absolute atomic E-state index is 0.121. The van der Waals surface area contributed by atoms with Crippen molar-refractivity contribution in [1.82, 2.24) is 4.98 Å². The number of hydrogen-bond donors (Lipinski definition) is 2. The summed E-state index contributed by atoms with van der Waals surface area (Å²) in [6.45, 7) is 7.66. The number of benzene rings is 1. The van der Waals surface area contributed by atoms with Gasteiger partial charge >= 0.3 is 0 Å². The fourth-order valence-electron chi connectivity index (χ4n) is 1.84. The number of aromatic nitrogens is 1. The summed E-state index contributed by atoms with van der Waals surface area (Å²) in [5.74, 6) is -0.0420. The van der Waals surface area contributed by atoms with Crippen LogP contribution in [-0.4, -0.2) is 27.8 Å². The predicted molar refractivity (Wildman–Crippen MR) is 102 cm³/mol. The first-order valence-electron chi connectivity index (χ1n) is 7.58. The molecule has 2 rings (SSSR count). The van der Waals surface area contributed by atoms with Gasteiger partial charge in [0.15, 0.2) is 5.13 Å². The SMILES string of the molecule is Cc1ccc(NC(=O)CSC(C)C(=O)Nc2nc(C)c(C)s2)cc1. The Labute approximate surface area is 150 Å². The molecule has 128 valence electrons. The van der Waals surface area contributed by atoms with Crippen LogP contribution in [0.4, 0.5) is 10.8 Å². The summed E-state index contributed by atoms with van der Waals surface area (Å²) < 4.78 is 0. The number of nitrogens with one attached hydrogen (secondary N) is 2. The Kier molecular flexibility index (Phi) is 6.39. The standard InChI is InChI=1S/C17H21N3O2S2/c1-10-5-7-14(8-6-10)19-15(21)9-23-13(4)16(22)20-17-18-11(2)12(3)24-17/h5-8,13H,9H2,1-4H3,(H,19,21)(H,18,20,22).